The number of rotatable bonds is 8. The number of Topliss-reactive ketones (excluding diaryl/α,β-unsaturated/α-hetero) is 1. The van der Waals surface area contributed by atoms with Crippen molar-refractivity contribution in [2.45, 2.75) is 11.8 Å². The Kier molecular flexibility index (Phi) is 8.39. The number of nitro groups is 1. The number of nitro benzene ring substituents is 1. The van der Waals surface area contributed by atoms with E-state index in [9.17, 15) is 34.1 Å². The molecule has 0 N–H and O–H groups in total. The summed E-state index contributed by atoms with van der Waals surface area (Å²) in [4.78, 5) is 80.3. The Bertz CT molecular complexity index is 2280. The Hall–Kier alpha value is -6.17. The van der Waals surface area contributed by atoms with Crippen molar-refractivity contribution >= 4 is 58.4 Å². The standard InChI is InChI=1S/C40H25Cl2N3O8/c41-23-13-18-30(31(42)19-23)37(47)43(20-32(46)21-11-16-25(17-12-21)53-40(50)22-9-14-24(15-10-22)45(51)52)44-38(48)35-33-26-5-1-2-6-27(26)34(36(35)39(44)49)29-8-4-3-7-28(29)33/h1-19,33-36H,20H2/t33?,34?,35-,36-/m1/s1. The van der Waals surface area contributed by atoms with E-state index in [4.69, 9.17) is 27.9 Å². The molecule has 1 fully saturated rings. The summed E-state index contributed by atoms with van der Waals surface area (Å²) >= 11 is 12.6. The molecular formula is C40H25Cl2N3O8. The monoisotopic (exact) mass is 745 g/mol. The summed E-state index contributed by atoms with van der Waals surface area (Å²) in [5, 5.41) is 12.8. The minimum absolute atomic E-state index is 0.0319. The normalized spacial score (nSPS) is 19.2. The molecule has 5 aromatic rings. The van der Waals surface area contributed by atoms with E-state index in [0.29, 0.717) is 0 Å². The lowest BCUT2D eigenvalue weighted by Gasteiger charge is -2.45. The van der Waals surface area contributed by atoms with E-state index in [1.165, 1.54) is 66.7 Å². The zero-order chi connectivity index (χ0) is 37.1. The van der Waals surface area contributed by atoms with Crippen molar-refractivity contribution in [2.75, 3.05) is 6.54 Å². The molecule has 0 unspecified atom stereocenters. The second-order valence-corrected chi connectivity index (χ2v) is 13.7. The molecule has 53 heavy (non-hydrogen) atoms. The molecule has 1 heterocycles. The highest BCUT2D eigenvalue weighted by atomic mass is 35.5. The van der Waals surface area contributed by atoms with E-state index in [1.54, 1.807) is 0 Å². The highest BCUT2D eigenvalue weighted by molar-refractivity contribution is 6.36. The van der Waals surface area contributed by atoms with E-state index < -0.39 is 64.6 Å². The molecule has 262 valence electrons. The maximum absolute atomic E-state index is 14.6. The molecule has 1 aliphatic heterocycles. The number of halogens is 2. The van der Waals surface area contributed by atoms with Gasteiger partial charge in [0, 0.05) is 34.6 Å². The summed E-state index contributed by atoms with van der Waals surface area (Å²) in [5.74, 6) is -5.87. The smallest absolute Gasteiger partial charge is 0.343 e. The van der Waals surface area contributed by atoms with Gasteiger partial charge in [0.25, 0.3) is 23.4 Å². The van der Waals surface area contributed by atoms with Crippen molar-refractivity contribution in [2.24, 2.45) is 11.8 Å². The van der Waals surface area contributed by atoms with Crippen LogP contribution in [-0.2, 0) is 9.59 Å². The summed E-state index contributed by atoms with van der Waals surface area (Å²) in [6, 6.07) is 30.0. The lowest BCUT2D eigenvalue weighted by Crippen LogP contribution is -2.52. The van der Waals surface area contributed by atoms with Crippen LogP contribution in [-0.4, -0.2) is 51.0 Å². The van der Waals surface area contributed by atoms with Gasteiger partial charge in [-0.1, -0.05) is 71.7 Å². The fraction of sp³-hybridized carbons (Fsp3) is 0.125. The highest BCUT2D eigenvalue weighted by Gasteiger charge is 2.63. The van der Waals surface area contributed by atoms with Gasteiger partial charge in [-0.05, 0) is 76.9 Å². The topological polar surface area (TPSA) is 144 Å². The number of hydrogen-bond donors (Lipinski definition) is 0. The van der Waals surface area contributed by atoms with Crippen LogP contribution in [0.2, 0.25) is 10.0 Å². The van der Waals surface area contributed by atoms with E-state index in [-0.39, 0.29) is 38.2 Å². The van der Waals surface area contributed by atoms with Crippen molar-refractivity contribution in [1.29, 1.82) is 0 Å². The van der Waals surface area contributed by atoms with Crippen LogP contribution < -0.4 is 4.74 Å². The predicted octanol–water partition coefficient (Wildman–Crippen LogP) is 7.25. The molecule has 2 bridgehead atoms. The summed E-state index contributed by atoms with van der Waals surface area (Å²) in [7, 11) is 0. The van der Waals surface area contributed by atoms with E-state index in [2.05, 4.69) is 0 Å². The lowest BCUT2D eigenvalue weighted by molar-refractivity contribution is -0.384. The number of carbonyl (C=O) groups excluding carboxylic acids is 5. The second-order valence-electron chi connectivity index (χ2n) is 12.9. The number of non-ortho nitro benzene ring substituents is 1. The Morgan fingerprint density at radius 1 is 0.717 bits per heavy atom. The third kappa shape index (κ3) is 5.65. The quantitative estimate of drug-likeness (QED) is 0.0403. The van der Waals surface area contributed by atoms with Crippen LogP contribution in [0.4, 0.5) is 5.69 Å². The molecule has 11 nitrogen and oxygen atoms in total. The molecule has 0 spiro atoms. The first-order valence-electron chi connectivity index (χ1n) is 16.5. The molecule has 4 aliphatic rings. The van der Waals surface area contributed by atoms with Gasteiger partial charge in [-0.15, -0.1) is 0 Å². The number of nitrogens with zero attached hydrogens (tertiary/aromatic N) is 3. The van der Waals surface area contributed by atoms with Crippen LogP contribution in [0, 0.1) is 22.0 Å². The van der Waals surface area contributed by atoms with Gasteiger partial charge in [0.2, 0.25) is 0 Å². The molecule has 0 saturated carbocycles. The van der Waals surface area contributed by atoms with Crippen molar-refractivity contribution in [1.82, 2.24) is 10.0 Å². The molecule has 3 aliphatic carbocycles. The molecule has 1 saturated heterocycles. The fourth-order valence-electron chi connectivity index (χ4n) is 7.76. The number of esters is 1. The average molecular weight is 747 g/mol. The molecule has 5 aromatic carbocycles. The Morgan fingerprint density at radius 3 is 1.72 bits per heavy atom. The third-order valence-electron chi connectivity index (χ3n) is 10.1. The Morgan fingerprint density at radius 2 is 1.23 bits per heavy atom. The van der Waals surface area contributed by atoms with E-state index >= 15 is 0 Å². The number of ether oxygens (including phenoxy) is 1. The first kappa shape index (κ1) is 33.9. The van der Waals surface area contributed by atoms with Gasteiger partial charge in [0.05, 0.1) is 32.9 Å². The van der Waals surface area contributed by atoms with Gasteiger partial charge in [0.15, 0.2) is 5.78 Å². The van der Waals surface area contributed by atoms with E-state index in [1.807, 2.05) is 48.5 Å². The summed E-state index contributed by atoms with van der Waals surface area (Å²) in [5.41, 5.74) is 3.71. The van der Waals surface area contributed by atoms with Crippen molar-refractivity contribution in [3.63, 3.8) is 0 Å². The van der Waals surface area contributed by atoms with Crippen molar-refractivity contribution < 1.29 is 33.6 Å². The molecular weight excluding hydrogens is 721 g/mol. The second kappa shape index (κ2) is 13.1. The lowest BCUT2D eigenvalue weighted by atomic mass is 9.55. The minimum atomic E-state index is -0.851. The molecule has 2 atom stereocenters. The number of ketones is 1. The first-order valence-corrected chi connectivity index (χ1v) is 17.2. The molecule has 3 amide bonds. The van der Waals surface area contributed by atoms with Gasteiger partial charge in [-0.25, -0.2) is 9.80 Å². The predicted molar refractivity (Wildman–Crippen MR) is 192 cm³/mol. The number of hydrazine groups is 1. The van der Waals surface area contributed by atoms with Crippen molar-refractivity contribution in [3.8, 4) is 5.75 Å². The fourth-order valence-corrected chi connectivity index (χ4v) is 8.25. The maximum atomic E-state index is 14.6. The van der Waals surface area contributed by atoms with Crippen molar-refractivity contribution in [3.05, 3.63) is 174 Å². The highest BCUT2D eigenvalue weighted by Crippen LogP contribution is 2.61. The van der Waals surface area contributed by atoms with E-state index in [0.717, 1.165) is 32.3 Å². The van der Waals surface area contributed by atoms with Gasteiger partial charge >= 0.3 is 5.97 Å². The molecule has 9 rings (SSSR count). The van der Waals surface area contributed by atoms with Gasteiger partial charge in [0.1, 0.15) is 12.3 Å². The molecule has 0 aromatic heterocycles. The number of imide groups is 1. The van der Waals surface area contributed by atoms with Gasteiger partial charge in [-0.2, -0.15) is 5.01 Å². The number of amides is 3. The van der Waals surface area contributed by atoms with Crippen LogP contribution >= 0.6 is 23.2 Å². The summed E-state index contributed by atoms with van der Waals surface area (Å²) < 4.78 is 5.37. The number of carbonyl (C=O) groups is 5. The molecule has 0 radical (unpaired) electrons. The van der Waals surface area contributed by atoms with Crippen LogP contribution in [0.5, 0.6) is 5.75 Å². The average Bonchev–Trinajstić information content (AvgIpc) is 3.43. The zero-order valence-electron chi connectivity index (χ0n) is 27.3. The number of hydrogen-bond acceptors (Lipinski definition) is 8. The Balaban J connectivity index is 1.10. The van der Waals surface area contributed by atoms with Gasteiger partial charge < -0.3 is 4.74 Å². The van der Waals surface area contributed by atoms with Gasteiger partial charge in [-0.3, -0.25) is 29.3 Å². The Labute approximate surface area is 311 Å². The van der Waals surface area contributed by atoms with Crippen LogP contribution in [0.25, 0.3) is 0 Å². The summed E-state index contributed by atoms with van der Waals surface area (Å²) in [6.45, 7) is -0.703. The molecule has 13 heteroatoms. The van der Waals surface area contributed by atoms with Crippen LogP contribution in [0.3, 0.4) is 0 Å². The zero-order valence-corrected chi connectivity index (χ0v) is 28.9. The first-order chi connectivity index (χ1) is 25.5. The SMILES string of the molecule is O=C(CN(C(=O)c1ccc(Cl)cc1Cl)N1C(=O)[C@@H]2C3c4ccccc4C(c4ccccc43)[C@H]2C1=O)c1ccc(OC(=O)c2ccc([N+](=O)[O-])cc2)cc1. The van der Waals surface area contributed by atoms with Crippen LogP contribution in [0.15, 0.2) is 115 Å². The minimum Gasteiger partial charge on any atom is -0.423 e. The third-order valence-corrected chi connectivity index (χ3v) is 10.6. The van der Waals surface area contributed by atoms with Crippen LogP contribution in [0.1, 0.15) is 65.2 Å². The largest absolute Gasteiger partial charge is 0.423 e. The number of benzene rings is 5. The maximum Gasteiger partial charge on any atom is 0.343 e. The summed E-state index contributed by atoms with van der Waals surface area (Å²) in [6.07, 6.45) is 0.